The van der Waals surface area contributed by atoms with Crippen LogP contribution in [-0.4, -0.2) is 12.1 Å². The Morgan fingerprint density at radius 2 is 2.46 bits per heavy atom. The molecule has 0 aromatic rings. The first-order chi connectivity index (χ1) is 6.33. The van der Waals surface area contributed by atoms with Crippen molar-refractivity contribution in [3.63, 3.8) is 0 Å². The van der Waals surface area contributed by atoms with Gasteiger partial charge in [0.15, 0.2) is 0 Å². The molecule has 0 fully saturated rings. The molecule has 0 saturated heterocycles. The molecule has 1 rings (SSSR count). The minimum atomic E-state index is -0.208. The second kappa shape index (κ2) is 5.57. The molecule has 0 aromatic heterocycles. The average molecular weight is 180 g/mol. The minimum absolute atomic E-state index is 0.0607. The summed E-state index contributed by atoms with van der Waals surface area (Å²) in [5.41, 5.74) is 0. The number of rotatable bonds is 4. The smallest absolute Gasteiger partial charge is 0.330 e. The summed E-state index contributed by atoms with van der Waals surface area (Å²) in [6.45, 7) is 2.15. The van der Waals surface area contributed by atoms with Crippen LogP contribution in [0.5, 0.6) is 0 Å². The summed E-state index contributed by atoms with van der Waals surface area (Å²) in [6, 6.07) is 0. The van der Waals surface area contributed by atoms with Crippen molar-refractivity contribution in [3.05, 3.63) is 24.3 Å². The Morgan fingerprint density at radius 3 is 3.15 bits per heavy atom. The quantitative estimate of drug-likeness (QED) is 0.491. The van der Waals surface area contributed by atoms with Gasteiger partial charge in [-0.25, -0.2) is 4.79 Å². The average Bonchev–Trinajstić information content (AvgIpc) is 2.13. The topological polar surface area (TPSA) is 26.3 Å². The Balaban J connectivity index is 2.22. The SMILES string of the molecule is CCC/C=C/CC1CC=CC(=O)O1. The fraction of sp³-hybridized carbons (Fsp3) is 0.545. The summed E-state index contributed by atoms with van der Waals surface area (Å²) in [7, 11) is 0. The third-order valence-corrected chi connectivity index (χ3v) is 1.96. The third-order valence-electron chi connectivity index (χ3n) is 1.96. The fourth-order valence-corrected chi connectivity index (χ4v) is 1.24. The Hall–Kier alpha value is -1.05. The highest BCUT2D eigenvalue weighted by Crippen LogP contribution is 2.11. The van der Waals surface area contributed by atoms with E-state index in [0.717, 1.165) is 19.3 Å². The van der Waals surface area contributed by atoms with Crippen LogP contribution in [0, 0.1) is 0 Å². The number of allylic oxidation sites excluding steroid dienone is 1. The highest BCUT2D eigenvalue weighted by Gasteiger charge is 2.13. The predicted molar refractivity (Wildman–Crippen MR) is 52.3 cm³/mol. The van der Waals surface area contributed by atoms with E-state index in [-0.39, 0.29) is 12.1 Å². The summed E-state index contributed by atoms with van der Waals surface area (Å²) >= 11 is 0. The molecule has 0 spiro atoms. The number of carbonyl (C=O) groups is 1. The van der Waals surface area contributed by atoms with E-state index in [4.69, 9.17) is 4.74 Å². The molecule has 1 atom stereocenters. The standard InChI is InChI=1S/C11H16O2/c1-2-3-4-5-7-10-8-6-9-11(12)13-10/h4-6,9-10H,2-3,7-8H2,1H3/b5-4+. The van der Waals surface area contributed by atoms with Crippen molar-refractivity contribution < 1.29 is 9.53 Å². The molecule has 1 aliphatic rings. The number of hydrogen-bond donors (Lipinski definition) is 0. The van der Waals surface area contributed by atoms with Crippen LogP contribution in [0.3, 0.4) is 0 Å². The van der Waals surface area contributed by atoms with Gasteiger partial charge in [-0.1, -0.05) is 31.6 Å². The number of ether oxygens (including phenoxy) is 1. The van der Waals surface area contributed by atoms with Gasteiger partial charge in [0.25, 0.3) is 0 Å². The lowest BCUT2D eigenvalue weighted by Gasteiger charge is -2.16. The Kier molecular flexibility index (Phi) is 4.30. The Labute approximate surface area is 79.3 Å². The number of unbranched alkanes of at least 4 members (excludes halogenated alkanes) is 1. The lowest BCUT2D eigenvalue weighted by molar-refractivity contribution is -0.143. The molecular formula is C11H16O2. The van der Waals surface area contributed by atoms with Crippen molar-refractivity contribution >= 4 is 5.97 Å². The van der Waals surface area contributed by atoms with E-state index in [0.29, 0.717) is 0 Å². The van der Waals surface area contributed by atoms with Gasteiger partial charge in [0, 0.05) is 18.9 Å². The van der Waals surface area contributed by atoms with Crippen molar-refractivity contribution in [2.45, 2.75) is 38.7 Å². The summed E-state index contributed by atoms with van der Waals surface area (Å²) in [5.74, 6) is -0.208. The van der Waals surface area contributed by atoms with Crippen LogP contribution < -0.4 is 0 Å². The van der Waals surface area contributed by atoms with E-state index in [9.17, 15) is 4.79 Å². The first kappa shape index (κ1) is 10.0. The molecule has 0 bridgehead atoms. The van der Waals surface area contributed by atoms with E-state index in [1.165, 1.54) is 12.5 Å². The second-order valence-corrected chi connectivity index (χ2v) is 3.19. The molecule has 0 saturated carbocycles. The van der Waals surface area contributed by atoms with E-state index in [1.807, 2.05) is 6.08 Å². The molecule has 2 nitrogen and oxygen atoms in total. The van der Waals surface area contributed by atoms with Gasteiger partial charge in [0.2, 0.25) is 0 Å². The molecule has 13 heavy (non-hydrogen) atoms. The van der Waals surface area contributed by atoms with Crippen LogP contribution in [0.1, 0.15) is 32.6 Å². The van der Waals surface area contributed by atoms with Gasteiger partial charge in [-0.3, -0.25) is 0 Å². The van der Waals surface area contributed by atoms with Crippen LogP contribution in [-0.2, 0) is 9.53 Å². The fourth-order valence-electron chi connectivity index (χ4n) is 1.24. The van der Waals surface area contributed by atoms with Gasteiger partial charge in [-0.2, -0.15) is 0 Å². The zero-order valence-corrected chi connectivity index (χ0v) is 8.03. The number of esters is 1. The van der Waals surface area contributed by atoms with Gasteiger partial charge in [-0.05, 0) is 6.42 Å². The molecule has 0 N–H and O–H groups in total. The monoisotopic (exact) mass is 180 g/mol. The summed E-state index contributed by atoms with van der Waals surface area (Å²) in [5, 5.41) is 0. The molecule has 0 radical (unpaired) electrons. The van der Waals surface area contributed by atoms with Crippen molar-refractivity contribution in [1.82, 2.24) is 0 Å². The van der Waals surface area contributed by atoms with Gasteiger partial charge in [-0.15, -0.1) is 0 Å². The van der Waals surface area contributed by atoms with Crippen molar-refractivity contribution in [1.29, 1.82) is 0 Å². The normalized spacial score (nSPS) is 22.2. The van der Waals surface area contributed by atoms with Crippen molar-refractivity contribution in [2.75, 3.05) is 0 Å². The van der Waals surface area contributed by atoms with Crippen LogP contribution in [0.4, 0.5) is 0 Å². The highest BCUT2D eigenvalue weighted by atomic mass is 16.5. The zero-order chi connectivity index (χ0) is 9.52. The molecule has 1 heterocycles. The van der Waals surface area contributed by atoms with E-state index in [1.54, 1.807) is 0 Å². The van der Waals surface area contributed by atoms with Crippen molar-refractivity contribution in [2.24, 2.45) is 0 Å². The molecule has 2 heteroatoms. The molecule has 72 valence electrons. The van der Waals surface area contributed by atoms with Gasteiger partial charge >= 0.3 is 5.97 Å². The van der Waals surface area contributed by atoms with Gasteiger partial charge in [0.1, 0.15) is 6.10 Å². The molecule has 0 aromatic carbocycles. The zero-order valence-electron chi connectivity index (χ0n) is 8.03. The van der Waals surface area contributed by atoms with E-state index >= 15 is 0 Å². The first-order valence-electron chi connectivity index (χ1n) is 4.85. The molecule has 0 aliphatic carbocycles. The second-order valence-electron chi connectivity index (χ2n) is 3.19. The lowest BCUT2D eigenvalue weighted by Crippen LogP contribution is -2.18. The predicted octanol–water partition coefficient (Wildman–Crippen LogP) is 2.60. The maximum Gasteiger partial charge on any atom is 0.330 e. The van der Waals surface area contributed by atoms with E-state index in [2.05, 4.69) is 19.1 Å². The van der Waals surface area contributed by atoms with Crippen LogP contribution in [0.2, 0.25) is 0 Å². The lowest BCUT2D eigenvalue weighted by atomic mass is 10.1. The van der Waals surface area contributed by atoms with Crippen LogP contribution in [0.25, 0.3) is 0 Å². The first-order valence-corrected chi connectivity index (χ1v) is 4.85. The number of hydrogen-bond acceptors (Lipinski definition) is 2. The summed E-state index contributed by atoms with van der Waals surface area (Å²) < 4.78 is 5.09. The maximum absolute atomic E-state index is 10.8. The van der Waals surface area contributed by atoms with Gasteiger partial charge < -0.3 is 4.74 Å². The summed E-state index contributed by atoms with van der Waals surface area (Å²) in [4.78, 5) is 10.8. The molecule has 0 amide bonds. The van der Waals surface area contributed by atoms with Crippen molar-refractivity contribution in [3.8, 4) is 0 Å². The molecular weight excluding hydrogens is 164 g/mol. The Morgan fingerprint density at radius 1 is 1.62 bits per heavy atom. The maximum atomic E-state index is 10.8. The highest BCUT2D eigenvalue weighted by molar-refractivity contribution is 5.82. The minimum Gasteiger partial charge on any atom is -0.459 e. The number of cyclic esters (lactones) is 1. The number of carbonyl (C=O) groups excluding carboxylic acids is 1. The molecule has 1 unspecified atom stereocenters. The summed E-state index contributed by atoms with van der Waals surface area (Å²) in [6.07, 6.45) is 11.6. The Bertz CT molecular complexity index is 216. The van der Waals surface area contributed by atoms with Gasteiger partial charge in [0.05, 0.1) is 0 Å². The third kappa shape index (κ3) is 3.92. The van der Waals surface area contributed by atoms with E-state index < -0.39 is 0 Å². The van der Waals surface area contributed by atoms with Crippen LogP contribution >= 0.6 is 0 Å². The van der Waals surface area contributed by atoms with Crippen LogP contribution in [0.15, 0.2) is 24.3 Å². The molecule has 1 aliphatic heterocycles. The largest absolute Gasteiger partial charge is 0.459 e.